The Kier molecular flexibility index (Phi) is 2.66. The molecule has 1 heterocycles. The van der Waals surface area contributed by atoms with Crippen LogP contribution >= 0.6 is 0 Å². The fraction of sp³-hybridized carbons (Fsp3) is 0.818. The van der Waals surface area contributed by atoms with Crippen molar-refractivity contribution in [3.63, 3.8) is 0 Å². The van der Waals surface area contributed by atoms with Gasteiger partial charge in [-0.1, -0.05) is 13.8 Å². The molecule has 2 rings (SSSR count). The minimum atomic E-state index is -0.980. The van der Waals surface area contributed by atoms with Crippen LogP contribution in [0.15, 0.2) is 0 Å². The van der Waals surface area contributed by atoms with E-state index in [2.05, 4.69) is 0 Å². The largest absolute Gasteiger partial charge is 0.480 e. The van der Waals surface area contributed by atoms with Crippen LogP contribution in [0.25, 0.3) is 0 Å². The molecule has 1 aliphatic carbocycles. The molecule has 0 spiro atoms. The van der Waals surface area contributed by atoms with Crippen molar-refractivity contribution in [1.29, 1.82) is 0 Å². The summed E-state index contributed by atoms with van der Waals surface area (Å²) in [6.45, 7) is 5.00. The average molecular weight is 227 g/mol. The van der Waals surface area contributed by atoms with Crippen LogP contribution in [0.2, 0.25) is 0 Å². The molecule has 5 heteroatoms. The number of amides is 1. The molecule has 1 N–H and O–H groups in total. The molecule has 16 heavy (non-hydrogen) atoms. The van der Waals surface area contributed by atoms with Gasteiger partial charge in [0.15, 0.2) is 6.04 Å². The number of carboxylic acid groups (broad SMARTS) is 1. The molecule has 1 amide bonds. The Morgan fingerprint density at radius 2 is 2.06 bits per heavy atom. The smallest absolute Gasteiger partial charge is 0.328 e. The lowest BCUT2D eigenvalue weighted by Gasteiger charge is -2.33. The lowest BCUT2D eigenvalue weighted by molar-refractivity contribution is -0.159. The molecule has 1 aliphatic heterocycles. The van der Waals surface area contributed by atoms with Crippen LogP contribution in [0.5, 0.6) is 0 Å². The van der Waals surface area contributed by atoms with Gasteiger partial charge in [-0.2, -0.15) is 0 Å². The number of hydrogen-bond donors (Lipinski definition) is 1. The maximum absolute atomic E-state index is 12.1. The van der Waals surface area contributed by atoms with E-state index in [-0.39, 0.29) is 23.8 Å². The second kappa shape index (κ2) is 3.73. The van der Waals surface area contributed by atoms with Crippen LogP contribution in [0, 0.1) is 11.3 Å². The molecule has 1 saturated carbocycles. The van der Waals surface area contributed by atoms with Crippen molar-refractivity contribution in [2.24, 2.45) is 11.3 Å². The Hall–Kier alpha value is -1.10. The highest BCUT2D eigenvalue weighted by atomic mass is 16.5. The molecule has 90 valence electrons. The van der Waals surface area contributed by atoms with Crippen LogP contribution in [0.3, 0.4) is 0 Å². The lowest BCUT2D eigenvalue weighted by Crippen LogP contribution is -2.53. The van der Waals surface area contributed by atoms with Crippen LogP contribution < -0.4 is 0 Å². The Labute approximate surface area is 94.4 Å². The van der Waals surface area contributed by atoms with Gasteiger partial charge in [0.25, 0.3) is 0 Å². The van der Waals surface area contributed by atoms with E-state index in [9.17, 15) is 9.59 Å². The molecule has 0 aromatic rings. The summed E-state index contributed by atoms with van der Waals surface area (Å²) >= 11 is 0. The second-order valence-electron chi connectivity index (χ2n) is 5.21. The standard InChI is InChI=1S/C11H17NO4/c1-11(2)5-7(11)9(13)12-3-4-16-6-8(12)10(14)15/h7-8H,3-6H2,1-2H3,(H,14,15)/t7-,8-/m1/s1. The quantitative estimate of drug-likeness (QED) is 0.739. The fourth-order valence-corrected chi connectivity index (χ4v) is 2.16. The summed E-state index contributed by atoms with van der Waals surface area (Å²) in [6.07, 6.45) is 0.857. The van der Waals surface area contributed by atoms with Gasteiger partial charge in [0, 0.05) is 12.5 Å². The first kappa shape index (κ1) is 11.4. The van der Waals surface area contributed by atoms with Crippen molar-refractivity contribution < 1.29 is 19.4 Å². The molecular weight excluding hydrogens is 210 g/mol. The van der Waals surface area contributed by atoms with E-state index in [4.69, 9.17) is 9.84 Å². The predicted octanol–water partition coefficient (Wildman–Crippen LogP) is 0.344. The Balaban J connectivity index is 2.06. The zero-order valence-electron chi connectivity index (χ0n) is 9.60. The van der Waals surface area contributed by atoms with Crippen LogP contribution in [-0.2, 0) is 14.3 Å². The molecule has 5 nitrogen and oxygen atoms in total. The van der Waals surface area contributed by atoms with Gasteiger partial charge in [0.2, 0.25) is 5.91 Å². The average Bonchev–Trinajstić information content (AvgIpc) is 2.86. The topological polar surface area (TPSA) is 66.8 Å². The number of carboxylic acids is 1. The van der Waals surface area contributed by atoms with E-state index in [1.165, 1.54) is 4.90 Å². The zero-order chi connectivity index (χ0) is 11.9. The van der Waals surface area contributed by atoms with Crippen LogP contribution in [-0.4, -0.2) is 47.7 Å². The number of carbonyl (C=O) groups excluding carboxylic acids is 1. The highest BCUT2D eigenvalue weighted by molar-refractivity contribution is 5.87. The fourth-order valence-electron chi connectivity index (χ4n) is 2.16. The van der Waals surface area contributed by atoms with Crippen LogP contribution in [0.4, 0.5) is 0 Å². The normalized spacial score (nSPS) is 32.2. The summed E-state index contributed by atoms with van der Waals surface area (Å²) in [5, 5.41) is 9.02. The third kappa shape index (κ3) is 1.91. The number of nitrogens with zero attached hydrogens (tertiary/aromatic N) is 1. The van der Waals surface area contributed by atoms with Crippen LogP contribution in [0.1, 0.15) is 20.3 Å². The summed E-state index contributed by atoms with van der Waals surface area (Å²) in [5.41, 5.74) is 0.0401. The molecule has 2 atom stereocenters. The minimum Gasteiger partial charge on any atom is -0.480 e. The van der Waals surface area contributed by atoms with Gasteiger partial charge in [-0.3, -0.25) is 4.79 Å². The molecule has 0 aromatic carbocycles. The number of morpholine rings is 1. The van der Waals surface area contributed by atoms with E-state index in [1.807, 2.05) is 13.8 Å². The first-order chi connectivity index (χ1) is 7.43. The van der Waals surface area contributed by atoms with E-state index in [0.717, 1.165) is 6.42 Å². The van der Waals surface area contributed by atoms with Gasteiger partial charge >= 0.3 is 5.97 Å². The van der Waals surface area contributed by atoms with Crippen molar-refractivity contribution in [2.75, 3.05) is 19.8 Å². The summed E-state index contributed by atoms with van der Waals surface area (Å²) < 4.78 is 5.10. The second-order valence-corrected chi connectivity index (χ2v) is 5.21. The Morgan fingerprint density at radius 3 is 2.56 bits per heavy atom. The number of ether oxygens (including phenoxy) is 1. The Bertz CT molecular complexity index is 326. The van der Waals surface area contributed by atoms with Gasteiger partial charge < -0.3 is 14.7 Å². The SMILES string of the molecule is CC1(C)C[C@@H]1C(=O)N1CCOC[C@@H]1C(=O)O. The highest BCUT2D eigenvalue weighted by Gasteiger charge is 2.53. The van der Waals surface area contributed by atoms with Gasteiger partial charge in [-0.15, -0.1) is 0 Å². The van der Waals surface area contributed by atoms with Crippen molar-refractivity contribution in [3.05, 3.63) is 0 Å². The van der Waals surface area contributed by atoms with Gasteiger partial charge in [0.1, 0.15) is 0 Å². The molecular formula is C11H17NO4. The van der Waals surface area contributed by atoms with Crippen molar-refractivity contribution in [2.45, 2.75) is 26.3 Å². The van der Waals surface area contributed by atoms with E-state index < -0.39 is 12.0 Å². The van der Waals surface area contributed by atoms with Gasteiger partial charge in [-0.05, 0) is 11.8 Å². The van der Waals surface area contributed by atoms with Crippen molar-refractivity contribution in [1.82, 2.24) is 4.90 Å². The third-order valence-corrected chi connectivity index (χ3v) is 3.51. The zero-order valence-corrected chi connectivity index (χ0v) is 9.60. The van der Waals surface area contributed by atoms with E-state index >= 15 is 0 Å². The first-order valence-corrected chi connectivity index (χ1v) is 5.54. The molecule has 0 bridgehead atoms. The van der Waals surface area contributed by atoms with E-state index in [1.54, 1.807) is 0 Å². The predicted molar refractivity (Wildman–Crippen MR) is 55.8 cm³/mol. The summed E-state index contributed by atoms with van der Waals surface area (Å²) in [6, 6.07) is -0.808. The monoisotopic (exact) mass is 227 g/mol. The molecule has 1 saturated heterocycles. The highest BCUT2D eigenvalue weighted by Crippen LogP contribution is 2.52. The maximum atomic E-state index is 12.1. The van der Waals surface area contributed by atoms with E-state index in [0.29, 0.717) is 13.2 Å². The summed E-state index contributed by atoms with van der Waals surface area (Å²) in [7, 11) is 0. The Morgan fingerprint density at radius 1 is 1.44 bits per heavy atom. The van der Waals surface area contributed by atoms with Gasteiger partial charge in [0.05, 0.1) is 13.2 Å². The molecule has 0 aromatic heterocycles. The lowest BCUT2D eigenvalue weighted by atomic mass is 10.1. The van der Waals surface area contributed by atoms with Gasteiger partial charge in [-0.25, -0.2) is 4.79 Å². The molecule has 0 radical (unpaired) electrons. The van der Waals surface area contributed by atoms with Crippen molar-refractivity contribution in [3.8, 4) is 0 Å². The number of hydrogen-bond acceptors (Lipinski definition) is 3. The number of carbonyl (C=O) groups is 2. The molecule has 0 unspecified atom stereocenters. The molecule has 2 fully saturated rings. The summed E-state index contributed by atoms with van der Waals surface area (Å²) in [5.74, 6) is -1.01. The maximum Gasteiger partial charge on any atom is 0.328 e. The third-order valence-electron chi connectivity index (χ3n) is 3.51. The minimum absolute atomic E-state index is 0.00699. The summed E-state index contributed by atoms with van der Waals surface area (Å²) in [4.78, 5) is 24.6. The van der Waals surface area contributed by atoms with Crippen molar-refractivity contribution >= 4 is 11.9 Å². The molecule has 2 aliphatic rings. The first-order valence-electron chi connectivity index (χ1n) is 5.54. The number of rotatable bonds is 2. The number of aliphatic carboxylic acids is 1.